The molecule has 0 radical (unpaired) electrons. The van der Waals surface area contributed by atoms with Gasteiger partial charge in [-0.2, -0.15) is 0 Å². The number of anilines is 1. The fourth-order valence-corrected chi connectivity index (χ4v) is 4.26. The Bertz CT molecular complexity index is 781. The number of piperazine rings is 1. The predicted octanol–water partition coefficient (Wildman–Crippen LogP) is 3.22. The van der Waals surface area contributed by atoms with Gasteiger partial charge < -0.3 is 19.9 Å². The molecule has 0 atom stereocenters. The van der Waals surface area contributed by atoms with Crippen LogP contribution in [0.2, 0.25) is 0 Å². The standard InChI is InChI=1S/C21H31N5OS/c1-16(2)20-24-17(15-28-20)9-10-23-21(22-3)26-13-11-25(12-14-26)18-7-5-6-8-19(18)27-4/h5-8,15-16H,9-14H2,1-4H3,(H,22,23). The molecule has 6 nitrogen and oxygen atoms in total. The molecule has 3 rings (SSSR count). The zero-order valence-corrected chi connectivity index (χ0v) is 18.1. The first-order valence-electron chi connectivity index (χ1n) is 9.90. The van der Waals surface area contributed by atoms with Gasteiger partial charge in [0.05, 0.1) is 23.5 Å². The van der Waals surface area contributed by atoms with Gasteiger partial charge in [-0.15, -0.1) is 11.3 Å². The highest BCUT2D eigenvalue weighted by atomic mass is 32.1. The number of thiazole rings is 1. The summed E-state index contributed by atoms with van der Waals surface area (Å²) < 4.78 is 5.51. The SMILES string of the molecule is CN=C(NCCc1csc(C(C)C)n1)N1CCN(c2ccccc2OC)CC1. The number of rotatable bonds is 6. The summed E-state index contributed by atoms with van der Waals surface area (Å²) in [4.78, 5) is 13.9. The molecule has 1 aromatic heterocycles. The molecule has 1 fully saturated rings. The van der Waals surface area contributed by atoms with Gasteiger partial charge in [0.15, 0.2) is 5.96 Å². The zero-order valence-electron chi connectivity index (χ0n) is 17.3. The van der Waals surface area contributed by atoms with Crippen LogP contribution in [0.4, 0.5) is 5.69 Å². The van der Waals surface area contributed by atoms with E-state index < -0.39 is 0 Å². The molecule has 1 saturated heterocycles. The topological polar surface area (TPSA) is 53.0 Å². The molecule has 0 saturated carbocycles. The Morgan fingerprint density at radius 2 is 2.00 bits per heavy atom. The second-order valence-corrected chi connectivity index (χ2v) is 8.09. The zero-order chi connectivity index (χ0) is 19.9. The van der Waals surface area contributed by atoms with Crippen molar-refractivity contribution in [3.8, 4) is 5.75 Å². The van der Waals surface area contributed by atoms with Crippen molar-refractivity contribution in [3.63, 3.8) is 0 Å². The normalized spacial score (nSPS) is 15.2. The van der Waals surface area contributed by atoms with Gasteiger partial charge >= 0.3 is 0 Å². The van der Waals surface area contributed by atoms with Crippen molar-refractivity contribution < 1.29 is 4.74 Å². The Balaban J connectivity index is 1.49. The van der Waals surface area contributed by atoms with Gasteiger partial charge in [0, 0.05) is 57.5 Å². The van der Waals surface area contributed by atoms with E-state index in [1.807, 2.05) is 19.2 Å². The largest absolute Gasteiger partial charge is 0.495 e. The number of guanidine groups is 1. The average Bonchev–Trinajstić information content (AvgIpc) is 3.21. The number of hydrogen-bond donors (Lipinski definition) is 1. The summed E-state index contributed by atoms with van der Waals surface area (Å²) >= 11 is 1.76. The second-order valence-electron chi connectivity index (χ2n) is 7.20. The van der Waals surface area contributed by atoms with Crippen molar-refractivity contribution in [2.24, 2.45) is 4.99 Å². The quantitative estimate of drug-likeness (QED) is 0.595. The maximum Gasteiger partial charge on any atom is 0.193 e. The van der Waals surface area contributed by atoms with Crippen LogP contribution in [0, 0.1) is 0 Å². The number of aliphatic imine (C=N–C) groups is 1. The molecule has 152 valence electrons. The molecule has 1 N–H and O–H groups in total. The van der Waals surface area contributed by atoms with Crippen molar-refractivity contribution in [1.29, 1.82) is 0 Å². The van der Waals surface area contributed by atoms with Gasteiger partial charge in [0.25, 0.3) is 0 Å². The Kier molecular flexibility index (Phi) is 7.14. The van der Waals surface area contributed by atoms with Crippen molar-refractivity contribution >= 4 is 23.0 Å². The van der Waals surface area contributed by atoms with Gasteiger partial charge in [-0.1, -0.05) is 26.0 Å². The van der Waals surface area contributed by atoms with Crippen molar-refractivity contribution in [2.75, 3.05) is 51.8 Å². The highest BCUT2D eigenvalue weighted by Gasteiger charge is 2.21. The van der Waals surface area contributed by atoms with Gasteiger partial charge in [0.2, 0.25) is 0 Å². The molecule has 0 amide bonds. The highest BCUT2D eigenvalue weighted by molar-refractivity contribution is 7.09. The maximum atomic E-state index is 5.51. The Hall–Kier alpha value is -2.28. The van der Waals surface area contributed by atoms with Gasteiger partial charge in [-0.25, -0.2) is 4.98 Å². The van der Waals surface area contributed by atoms with E-state index in [2.05, 4.69) is 51.5 Å². The third-order valence-electron chi connectivity index (χ3n) is 4.94. The Labute approximate surface area is 172 Å². The maximum absolute atomic E-state index is 5.51. The van der Waals surface area contributed by atoms with Crippen LogP contribution in [0.3, 0.4) is 0 Å². The summed E-state index contributed by atoms with van der Waals surface area (Å²) in [7, 11) is 3.59. The monoisotopic (exact) mass is 401 g/mol. The van der Waals surface area contributed by atoms with E-state index in [0.717, 1.165) is 62.2 Å². The predicted molar refractivity (Wildman–Crippen MR) is 118 cm³/mol. The van der Waals surface area contributed by atoms with E-state index in [4.69, 9.17) is 9.72 Å². The van der Waals surface area contributed by atoms with Crippen LogP contribution in [0.5, 0.6) is 5.75 Å². The summed E-state index contributed by atoms with van der Waals surface area (Å²) in [6.07, 6.45) is 0.920. The number of methoxy groups -OCH3 is 1. The molecule has 0 bridgehead atoms. The lowest BCUT2D eigenvalue weighted by Crippen LogP contribution is -2.52. The second kappa shape index (κ2) is 9.78. The van der Waals surface area contributed by atoms with Crippen molar-refractivity contribution in [2.45, 2.75) is 26.2 Å². The molecule has 0 spiro atoms. The van der Waals surface area contributed by atoms with E-state index in [9.17, 15) is 0 Å². The first-order chi connectivity index (χ1) is 13.6. The highest BCUT2D eigenvalue weighted by Crippen LogP contribution is 2.28. The lowest BCUT2D eigenvalue weighted by molar-refractivity contribution is 0.367. The van der Waals surface area contributed by atoms with E-state index in [-0.39, 0.29) is 0 Å². The minimum Gasteiger partial charge on any atom is -0.495 e. The number of para-hydroxylation sites is 2. The first kappa shape index (κ1) is 20.5. The van der Waals surface area contributed by atoms with Crippen molar-refractivity contribution in [1.82, 2.24) is 15.2 Å². The minimum absolute atomic E-state index is 0.499. The first-order valence-corrected chi connectivity index (χ1v) is 10.8. The number of aromatic nitrogens is 1. The number of benzene rings is 1. The molecule has 2 heterocycles. The summed E-state index contributed by atoms with van der Waals surface area (Å²) in [5, 5.41) is 6.89. The number of hydrogen-bond acceptors (Lipinski definition) is 5. The average molecular weight is 402 g/mol. The molecule has 1 aromatic carbocycles. The molecule has 0 aliphatic carbocycles. The molecule has 1 aliphatic heterocycles. The van der Waals surface area contributed by atoms with Crippen LogP contribution in [0.1, 0.15) is 30.5 Å². The Morgan fingerprint density at radius 1 is 1.25 bits per heavy atom. The van der Waals surface area contributed by atoms with Crippen LogP contribution in [0.15, 0.2) is 34.6 Å². The fourth-order valence-electron chi connectivity index (χ4n) is 3.39. The van der Waals surface area contributed by atoms with Crippen molar-refractivity contribution in [3.05, 3.63) is 40.3 Å². The van der Waals surface area contributed by atoms with Crippen LogP contribution in [-0.2, 0) is 6.42 Å². The van der Waals surface area contributed by atoms with Gasteiger partial charge in [-0.05, 0) is 12.1 Å². The third-order valence-corrected chi connectivity index (χ3v) is 6.14. The summed E-state index contributed by atoms with van der Waals surface area (Å²) in [5.74, 6) is 2.40. The lowest BCUT2D eigenvalue weighted by Gasteiger charge is -2.38. The third kappa shape index (κ3) is 4.95. The number of nitrogens with zero attached hydrogens (tertiary/aromatic N) is 4. The van der Waals surface area contributed by atoms with Crippen LogP contribution >= 0.6 is 11.3 Å². The number of ether oxygens (including phenoxy) is 1. The van der Waals surface area contributed by atoms with Gasteiger partial charge in [0.1, 0.15) is 5.75 Å². The van der Waals surface area contributed by atoms with Gasteiger partial charge in [-0.3, -0.25) is 4.99 Å². The molecule has 0 unspecified atom stereocenters. The molecular formula is C21H31N5OS. The minimum atomic E-state index is 0.499. The summed E-state index contributed by atoms with van der Waals surface area (Å²) in [6, 6.07) is 8.22. The van der Waals surface area contributed by atoms with E-state index in [1.54, 1.807) is 18.4 Å². The molecule has 2 aromatic rings. The summed E-state index contributed by atoms with van der Waals surface area (Å²) in [6.45, 7) is 9.00. The van der Waals surface area contributed by atoms with Crippen LogP contribution in [-0.4, -0.2) is 62.7 Å². The van der Waals surface area contributed by atoms with E-state index in [1.165, 1.54) is 5.01 Å². The van der Waals surface area contributed by atoms with Crippen LogP contribution in [0.25, 0.3) is 0 Å². The summed E-state index contributed by atoms with van der Waals surface area (Å²) in [5.41, 5.74) is 2.33. The Morgan fingerprint density at radius 3 is 2.64 bits per heavy atom. The lowest BCUT2D eigenvalue weighted by atomic mass is 10.2. The van der Waals surface area contributed by atoms with E-state index >= 15 is 0 Å². The van der Waals surface area contributed by atoms with Crippen LogP contribution < -0.4 is 15.0 Å². The van der Waals surface area contributed by atoms with E-state index in [0.29, 0.717) is 5.92 Å². The smallest absolute Gasteiger partial charge is 0.193 e. The molecular weight excluding hydrogens is 370 g/mol. The molecule has 1 aliphatic rings. The molecule has 7 heteroatoms. The molecule has 28 heavy (non-hydrogen) atoms. The number of nitrogens with one attached hydrogen (secondary N) is 1. The fraction of sp³-hybridized carbons (Fsp3) is 0.524.